The van der Waals surface area contributed by atoms with Gasteiger partial charge in [-0.3, -0.25) is 14.6 Å². The zero-order valence-electron chi connectivity index (χ0n) is 12.9. The summed E-state index contributed by atoms with van der Waals surface area (Å²) in [4.78, 5) is 12.2. The average molecular weight is 303 g/mol. The Morgan fingerprint density at radius 1 is 1.55 bits per heavy atom. The van der Waals surface area contributed by atoms with Crippen molar-refractivity contribution >= 4 is 11.7 Å². The molecule has 0 aliphatic carbocycles. The Hall–Kier alpha value is -2.15. The molecule has 2 aromatic rings. The molecule has 1 aliphatic heterocycles. The van der Waals surface area contributed by atoms with Gasteiger partial charge in [-0.05, 0) is 26.7 Å². The molecule has 118 valence electrons. The quantitative estimate of drug-likeness (QED) is 0.908. The van der Waals surface area contributed by atoms with Crippen LogP contribution in [0.4, 0.5) is 5.82 Å². The van der Waals surface area contributed by atoms with E-state index in [0.29, 0.717) is 23.9 Å². The number of hydrogen-bond acceptors (Lipinski definition) is 4. The Morgan fingerprint density at radius 2 is 2.41 bits per heavy atom. The van der Waals surface area contributed by atoms with Crippen molar-refractivity contribution in [3.63, 3.8) is 0 Å². The van der Waals surface area contributed by atoms with Crippen LogP contribution in [-0.4, -0.2) is 39.1 Å². The Bertz CT molecular complexity index is 640. The monoisotopic (exact) mass is 303 g/mol. The van der Waals surface area contributed by atoms with E-state index in [-0.39, 0.29) is 11.9 Å². The van der Waals surface area contributed by atoms with Gasteiger partial charge in [-0.15, -0.1) is 0 Å². The third kappa shape index (κ3) is 3.19. The fourth-order valence-electron chi connectivity index (χ4n) is 2.52. The zero-order valence-corrected chi connectivity index (χ0v) is 12.9. The first-order chi connectivity index (χ1) is 10.6. The molecule has 3 heterocycles. The molecule has 7 nitrogen and oxygen atoms in total. The number of nitrogens with zero attached hydrogens (tertiary/aromatic N) is 3. The maximum atomic E-state index is 12.2. The summed E-state index contributed by atoms with van der Waals surface area (Å²) in [6.45, 7) is 5.56. The fourth-order valence-corrected chi connectivity index (χ4v) is 2.52. The molecule has 0 radical (unpaired) electrons. The van der Waals surface area contributed by atoms with Crippen LogP contribution in [0.1, 0.15) is 54.7 Å². The van der Waals surface area contributed by atoms with Gasteiger partial charge in [-0.25, -0.2) is 0 Å². The van der Waals surface area contributed by atoms with Crippen molar-refractivity contribution in [2.24, 2.45) is 0 Å². The molecule has 1 amide bonds. The molecule has 0 spiro atoms. The minimum Gasteiger partial charge on any atom is -0.381 e. The number of carbonyl (C=O) groups excluding carboxylic acids is 1. The normalized spacial score (nSPS) is 18.6. The van der Waals surface area contributed by atoms with Crippen molar-refractivity contribution in [3.8, 4) is 0 Å². The van der Waals surface area contributed by atoms with E-state index in [1.54, 1.807) is 17.1 Å². The molecule has 22 heavy (non-hydrogen) atoms. The highest BCUT2D eigenvalue weighted by Crippen LogP contribution is 2.25. The van der Waals surface area contributed by atoms with Crippen LogP contribution in [0.3, 0.4) is 0 Å². The summed E-state index contributed by atoms with van der Waals surface area (Å²) in [5.74, 6) is 0.656. The molecular formula is C15H21N5O2. The molecule has 0 aromatic carbocycles. The number of anilines is 1. The van der Waals surface area contributed by atoms with Gasteiger partial charge in [-0.1, -0.05) is 0 Å². The van der Waals surface area contributed by atoms with Crippen LogP contribution in [-0.2, 0) is 4.74 Å². The van der Waals surface area contributed by atoms with Crippen LogP contribution in [0.5, 0.6) is 0 Å². The summed E-state index contributed by atoms with van der Waals surface area (Å²) in [5, 5.41) is 14.1. The predicted molar refractivity (Wildman–Crippen MR) is 81.9 cm³/mol. The second-order valence-corrected chi connectivity index (χ2v) is 5.88. The lowest BCUT2D eigenvalue weighted by Gasteiger charge is -2.20. The maximum Gasteiger partial charge on any atom is 0.260 e. The number of aromatic nitrogens is 4. The highest BCUT2D eigenvalue weighted by Gasteiger charge is 2.19. The van der Waals surface area contributed by atoms with Crippen LogP contribution in [0.2, 0.25) is 0 Å². The molecule has 1 unspecified atom stereocenters. The van der Waals surface area contributed by atoms with E-state index in [0.717, 1.165) is 25.1 Å². The van der Waals surface area contributed by atoms with E-state index in [1.165, 1.54) is 0 Å². The van der Waals surface area contributed by atoms with Crippen molar-refractivity contribution in [1.29, 1.82) is 0 Å². The number of hydrogen-bond donors (Lipinski definition) is 2. The number of H-pyrrole nitrogens is 1. The van der Waals surface area contributed by atoms with E-state index < -0.39 is 0 Å². The molecular weight excluding hydrogens is 282 g/mol. The average Bonchev–Trinajstić information content (AvgIpc) is 3.17. The summed E-state index contributed by atoms with van der Waals surface area (Å²) in [5.41, 5.74) is 1.53. The predicted octanol–water partition coefficient (Wildman–Crippen LogP) is 2.33. The van der Waals surface area contributed by atoms with Gasteiger partial charge in [0.2, 0.25) is 0 Å². The van der Waals surface area contributed by atoms with Crippen LogP contribution >= 0.6 is 0 Å². The lowest BCUT2D eigenvalue weighted by molar-refractivity contribution is 0.0793. The highest BCUT2D eigenvalue weighted by atomic mass is 16.5. The van der Waals surface area contributed by atoms with E-state index in [9.17, 15) is 4.79 Å². The van der Waals surface area contributed by atoms with Gasteiger partial charge >= 0.3 is 0 Å². The summed E-state index contributed by atoms with van der Waals surface area (Å²) in [7, 11) is 0. The summed E-state index contributed by atoms with van der Waals surface area (Å²) in [6.07, 6.45) is 5.44. The van der Waals surface area contributed by atoms with Crippen LogP contribution in [0.15, 0.2) is 18.5 Å². The number of nitrogens with one attached hydrogen (secondary N) is 2. The summed E-state index contributed by atoms with van der Waals surface area (Å²) >= 11 is 0. The van der Waals surface area contributed by atoms with Gasteiger partial charge in [0.15, 0.2) is 5.82 Å². The third-order valence-corrected chi connectivity index (χ3v) is 3.83. The van der Waals surface area contributed by atoms with Gasteiger partial charge in [-0.2, -0.15) is 10.2 Å². The lowest BCUT2D eigenvalue weighted by atomic mass is 9.99. The third-order valence-electron chi connectivity index (χ3n) is 3.83. The number of amides is 1. The maximum absolute atomic E-state index is 12.2. The van der Waals surface area contributed by atoms with E-state index in [1.807, 2.05) is 19.9 Å². The van der Waals surface area contributed by atoms with Crippen molar-refractivity contribution < 1.29 is 9.53 Å². The van der Waals surface area contributed by atoms with Gasteiger partial charge in [0.05, 0.1) is 18.4 Å². The Labute approximate surface area is 129 Å². The molecule has 1 fully saturated rings. The molecule has 2 aromatic heterocycles. The fraction of sp³-hybridized carbons (Fsp3) is 0.533. The van der Waals surface area contributed by atoms with E-state index in [2.05, 4.69) is 20.6 Å². The van der Waals surface area contributed by atoms with Crippen molar-refractivity contribution in [2.75, 3.05) is 18.5 Å². The first kappa shape index (κ1) is 14.8. The largest absolute Gasteiger partial charge is 0.381 e. The minimum absolute atomic E-state index is 0.204. The summed E-state index contributed by atoms with van der Waals surface area (Å²) < 4.78 is 7.23. The number of ether oxygens (including phenoxy) is 1. The molecule has 0 bridgehead atoms. The van der Waals surface area contributed by atoms with Gasteiger partial charge in [0.1, 0.15) is 0 Å². The van der Waals surface area contributed by atoms with E-state index >= 15 is 0 Å². The topological polar surface area (TPSA) is 84.8 Å². The van der Waals surface area contributed by atoms with Crippen molar-refractivity contribution in [3.05, 3.63) is 29.7 Å². The number of aromatic amines is 1. The molecule has 1 aliphatic rings. The Morgan fingerprint density at radius 3 is 3.09 bits per heavy atom. The van der Waals surface area contributed by atoms with Crippen LogP contribution in [0.25, 0.3) is 0 Å². The Balaban J connectivity index is 1.65. The Kier molecular flexibility index (Phi) is 4.24. The van der Waals surface area contributed by atoms with Crippen molar-refractivity contribution in [2.45, 2.75) is 38.6 Å². The first-order valence-corrected chi connectivity index (χ1v) is 7.62. The molecule has 0 saturated carbocycles. The molecule has 1 saturated heterocycles. The van der Waals surface area contributed by atoms with Crippen molar-refractivity contribution in [1.82, 2.24) is 20.0 Å². The molecule has 3 rings (SSSR count). The second-order valence-electron chi connectivity index (χ2n) is 5.88. The second kappa shape index (κ2) is 6.31. The molecule has 7 heteroatoms. The summed E-state index contributed by atoms with van der Waals surface area (Å²) in [6, 6.07) is 2.11. The van der Waals surface area contributed by atoms with Gasteiger partial charge in [0, 0.05) is 36.5 Å². The highest BCUT2D eigenvalue weighted by molar-refractivity contribution is 6.03. The van der Waals surface area contributed by atoms with Crippen LogP contribution < -0.4 is 5.32 Å². The molecule has 1 atom stereocenters. The standard InChI is InChI=1S/C15H21N5O2/c1-10(2)20-8-12(7-16-20)15(21)17-14-6-13(18-19-14)11-4-3-5-22-9-11/h6-8,10-11H,3-5,9H2,1-2H3,(H2,17,18,19,21). The SMILES string of the molecule is CC(C)n1cc(C(=O)Nc2cc(C3CCCOC3)[nH]n2)cn1. The smallest absolute Gasteiger partial charge is 0.260 e. The lowest BCUT2D eigenvalue weighted by Crippen LogP contribution is -2.15. The van der Waals surface area contributed by atoms with Crippen LogP contribution in [0, 0.1) is 0 Å². The zero-order chi connectivity index (χ0) is 15.5. The molecule has 2 N–H and O–H groups in total. The minimum atomic E-state index is -0.204. The van der Waals surface area contributed by atoms with E-state index in [4.69, 9.17) is 4.74 Å². The first-order valence-electron chi connectivity index (χ1n) is 7.62. The van der Waals surface area contributed by atoms with Gasteiger partial charge in [0.25, 0.3) is 5.91 Å². The van der Waals surface area contributed by atoms with Gasteiger partial charge < -0.3 is 10.1 Å². The number of carbonyl (C=O) groups is 1. The number of rotatable bonds is 4.